The van der Waals surface area contributed by atoms with E-state index in [0.717, 1.165) is 11.4 Å². The van der Waals surface area contributed by atoms with Crippen LogP contribution in [-0.2, 0) is 20.7 Å². The van der Waals surface area contributed by atoms with E-state index in [1.807, 2.05) is 0 Å². The molecule has 0 aliphatic rings. The molecule has 1 aromatic rings. The van der Waals surface area contributed by atoms with Gasteiger partial charge in [0.15, 0.2) is 12.3 Å². The second-order valence-corrected chi connectivity index (χ2v) is 5.05. The van der Waals surface area contributed by atoms with Crippen molar-refractivity contribution in [1.82, 2.24) is 4.98 Å². The SMILES string of the molecule is CCOC(=O)COC(=O)c1csc(CC(C)C)n1. The third kappa shape index (κ3) is 4.83. The first-order valence-electron chi connectivity index (χ1n) is 5.80. The fourth-order valence-electron chi connectivity index (χ4n) is 1.25. The number of esters is 2. The van der Waals surface area contributed by atoms with Crippen LogP contribution in [0.2, 0.25) is 0 Å². The summed E-state index contributed by atoms with van der Waals surface area (Å²) in [6.07, 6.45) is 0.829. The van der Waals surface area contributed by atoms with Crippen molar-refractivity contribution in [1.29, 1.82) is 0 Å². The van der Waals surface area contributed by atoms with Crippen molar-refractivity contribution in [3.05, 3.63) is 16.1 Å². The molecule has 0 saturated heterocycles. The predicted molar refractivity (Wildman–Crippen MR) is 67.6 cm³/mol. The van der Waals surface area contributed by atoms with Gasteiger partial charge in [-0.25, -0.2) is 14.6 Å². The monoisotopic (exact) mass is 271 g/mol. The fourth-order valence-corrected chi connectivity index (χ4v) is 2.23. The van der Waals surface area contributed by atoms with Crippen LogP contribution in [0.15, 0.2) is 5.38 Å². The summed E-state index contributed by atoms with van der Waals surface area (Å²) in [6, 6.07) is 0. The Hall–Kier alpha value is -1.43. The van der Waals surface area contributed by atoms with Gasteiger partial charge in [-0.05, 0) is 12.8 Å². The van der Waals surface area contributed by atoms with Crippen molar-refractivity contribution in [3.63, 3.8) is 0 Å². The Kier molecular flexibility index (Phi) is 5.77. The summed E-state index contributed by atoms with van der Waals surface area (Å²) in [5, 5.41) is 2.54. The van der Waals surface area contributed by atoms with Gasteiger partial charge in [-0.3, -0.25) is 0 Å². The number of rotatable bonds is 6. The van der Waals surface area contributed by atoms with Crippen LogP contribution in [0.1, 0.15) is 36.3 Å². The van der Waals surface area contributed by atoms with E-state index >= 15 is 0 Å². The van der Waals surface area contributed by atoms with E-state index in [4.69, 9.17) is 4.74 Å². The number of carbonyl (C=O) groups is 2. The summed E-state index contributed by atoms with van der Waals surface area (Å²) in [6.45, 7) is 5.76. The van der Waals surface area contributed by atoms with Gasteiger partial charge in [0.05, 0.1) is 11.6 Å². The molecular formula is C12H17NO4S. The summed E-state index contributed by atoms with van der Waals surface area (Å²) in [5.41, 5.74) is 0.250. The molecule has 0 fully saturated rings. The highest BCUT2D eigenvalue weighted by Crippen LogP contribution is 2.14. The molecule has 0 bridgehead atoms. The molecule has 100 valence electrons. The Morgan fingerprint density at radius 3 is 2.72 bits per heavy atom. The molecule has 0 radical (unpaired) electrons. The summed E-state index contributed by atoms with van der Waals surface area (Å²) in [7, 11) is 0. The molecule has 0 saturated carbocycles. The fraction of sp³-hybridized carbons (Fsp3) is 0.583. The molecule has 6 heteroatoms. The van der Waals surface area contributed by atoms with Gasteiger partial charge in [-0.15, -0.1) is 11.3 Å². The van der Waals surface area contributed by atoms with Crippen LogP contribution >= 0.6 is 11.3 Å². The minimum absolute atomic E-state index is 0.250. The van der Waals surface area contributed by atoms with Gasteiger partial charge in [0.25, 0.3) is 0 Å². The lowest BCUT2D eigenvalue weighted by atomic mass is 10.1. The second kappa shape index (κ2) is 7.10. The van der Waals surface area contributed by atoms with Gasteiger partial charge in [0.2, 0.25) is 0 Å². The van der Waals surface area contributed by atoms with E-state index in [0.29, 0.717) is 5.92 Å². The maximum absolute atomic E-state index is 11.6. The van der Waals surface area contributed by atoms with Crippen molar-refractivity contribution in [2.75, 3.05) is 13.2 Å². The molecule has 1 heterocycles. The largest absolute Gasteiger partial charge is 0.463 e. The average molecular weight is 271 g/mol. The zero-order valence-electron chi connectivity index (χ0n) is 10.8. The molecule has 0 atom stereocenters. The molecule has 1 rings (SSSR count). The maximum Gasteiger partial charge on any atom is 0.358 e. The van der Waals surface area contributed by atoms with Crippen molar-refractivity contribution in [2.24, 2.45) is 5.92 Å². The number of ether oxygens (including phenoxy) is 2. The second-order valence-electron chi connectivity index (χ2n) is 4.11. The van der Waals surface area contributed by atoms with Crippen molar-refractivity contribution in [2.45, 2.75) is 27.2 Å². The molecule has 0 aliphatic heterocycles. The predicted octanol–water partition coefficient (Wildman–Crippen LogP) is 2.06. The number of hydrogen-bond acceptors (Lipinski definition) is 6. The number of thiazole rings is 1. The molecule has 0 N–H and O–H groups in total. The highest BCUT2D eigenvalue weighted by Gasteiger charge is 2.14. The summed E-state index contributed by atoms with van der Waals surface area (Å²) >= 11 is 1.42. The summed E-state index contributed by atoms with van der Waals surface area (Å²) in [5.74, 6) is -0.655. The minimum Gasteiger partial charge on any atom is -0.463 e. The third-order valence-corrected chi connectivity index (χ3v) is 2.84. The van der Waals surface area contributed by atoms with E-state index in [1.165, 1.54) is 11.3 Å². The van der Waals surface area contributed by atoms with E-state index in [1.54, 1.807) is 12.3 Å². The Morgan fingerprint density at radius 2 is 2.11 bits per heavy atom. The van der Waals surface area contributed by atoms with Crippen LogP contribution in [0.25, 0.3) is 0 Å². The first-order chi connectivity index (χ1) is 8.52. The van der Waals surface area contributed by atoms with Crippen molar-refractivity contribution >= 4 is 23.3 Å². The van der Waals surface area contributed by atoms with Crippen LogP contribution < -0.4 is 0 Å². The number of carbonyl (C=O) groups excluding carboxylic acids is 2. The van der Waals surface area contributed by atoms with E-state index in [-0.39, 0.29) is 18.9 Å². The highest BCUT2D eigenvalue weighted by molar-refractivity contribution is 7.09. The Balaban J connectivity index is 2.46. The summed E-state index contributed by atoms with van der Waals surface area (Å²) in [4.78, 5) is 26.7. The van der Waals surface area contributed by atoms with E-state index in [9.17, 15) is 9.59 Å². The molecule has 0 spiro atoms. The van der Waals surface area contributed by atoms with Gasteiger partial charge in [-0.1, -0.05) is 13.8 Å². The first-order valence-corrected chi connectivity index (χ1v) is 6.68. The molecule has 0 amide bonds. The van der Waals surface area contributed by atoms with E-state index in [2.05, 4.69) is 23.6 Å². The Morgan fingerprint density at radius 1 is 1.39 bits per heavy atom. The van der Waals surface area contributed by atoms with Gasteiger partial charge >= 0.3 is 11.9 Å². The quantitative estimate of drug-likeness (QED) is 0.741. The lowest BCUT2D eigenvalue weighted by Crippen LogP contribution is -2.16. The van der Waals surface area contributed by atoms with E-state index < -0.39 is 11.9 Å². The van der Waals surface area contributed by atoms with Gasteiger partial charge < -0.3 is 9.47 Å². The molecular weight excluding hydrogens is 254 g/mol. The first kappa shape index (κ1) is 14.6. The smallest absolute Gasteiger partial charge is 0.358 e. The van der Waals surface area contributed by atoms with Crippen LogP contribution in [-0.4, -0.2) is 30.1 Å². The van der Waals surface area contributed by atoms with Gasteiger partial charge in [-0.2, -0.15) is 0 Å². The van der Waals surface area contributed by atoms with Gasteiger partial charge in [0.1, 0.15) is 0 Å². The van der Waals surface area contributed by atoms with Crippen molar-refractivity contribution < 1.29 is 19.1 Å². The normalized spacial score (nSPS) is 10.4. The molecule has 0 aromatic carbocycles. The molecule has 1 aromatic heterocycles. The van der Waals surface area contributed by atoms with Gasteiger partial charge in [0, 0.05) is 11.8 Å². The standard InChI is InChI=1S/C12H17NO4S/c1-4-16-11(14)6-17-12(15)9-7-18-10(13-9)5-8(2)3/h7-8H,4-6H2,1-3H3. The Bertz CT molecular complexity index is 414. The lowest BCUT2D eigenvalue weighted by molar-refractivity contribution is -0.146. The molecule has 0 aliphatic carbocycles. The zero-order valence-corrected chi connectivity index (χ0v) is 11.6. The summed E-state index contributed by atoms with van der Waals surface area (Å²) < 4.78 is 9.44. The van der Waals surface area contributed by atoms with Crippen molar-refractivity contribution in [3.8, 4) is 0 Å². The van der Waals surface area contributed by atoms with Crippen LogP contribution in [0.3, 0.4) is 0 Å². The molecule has 0 unspecified atom stereocenters. The van der Waals surface area contributed by atoms with Crippen LogP contribution in [0, 0.1) is 5.92 Å². The van der Waals surface area contributed by atoms with Crippen LogP contribution in [0.5, 0.6) is 0 Å². The number of hydrogen-bond donors (Lipinski definition) is 0. The zero-order chi connectivity index (χ0) is 13.5. The topological polar surface area (TPSA) is 65.5 Å². The highest BCUT2D eigenvalue weighted by atomic mass is 32.1. The molecule has 5 nitrogen and oxygen atoms in total. The maximum atomic E-state index is 11.6. The average Bonchev–Trinajstić information content (AvgIpc) is 2.74. The number of aromatic nitrogens is 1. The Labute approximate surface area is 110 Å². The van der Waals surface area contributed by atoms with Crippen LogP contribution in [0.4, 0.5) is 0 Å². The number of nitrogens with zero attached hydrogens (tertiary/aromatic N) is 1. The minimum atomic E-state index is -0.589. The molecule has 18 heavy (non-hydrogen) atoms. The third-order valence-electron chi connectivity index (χ3n) is 1.97. The lowest BCUT2D eigenvalue weighted by Gasteiger charge is -2.02.